The number of amides is 1. The van der Waals surface area contributed by atoms with E-state index in [0.29, 0.717) is 13.0 Å². The van der Waals surface area contributed by atoms with Gasteiger partial charge in [0.1, 0.15) is 5.75 Å². The fraction of sp³-hybridized carbons (Fsp3) is 0.350. The highest BCUT2D eigenvalue weighted by atomic mass is 16.5. The number of para-hydroxylation sites is 1. The van der Waals surface area contributed by atoms with Gasteiger partial charge in [-0.1, -0.05) is 55.5 Å². The van der Waals surface area contributed by atoms with Gasteiger partial charge in [0, 0.05) is 31.6 Å². The Labute approximate surface area is 144 Å². The Kier molecular flexibility index (Phi) is 7.30. The summed E-state index contributed by atoms with van der Waals surface area (Å²) in [6.07, 6.45) is 0.496. The molecule has 0 bridgehead atoms. The average Bonchev–Trinajstić information content (AvgIpc) is 2.64. The third-order valence-corrected chi connectivity index (χ3v) is 4.02. The molecule has 0 spiro atoms. The van der Waals surface area contributed by atoms with Crippen LogP contribution in [0.2, 0.25) is 0 Å². The highest BCUT2D eigenvalue weighted by Gasteiger charge is 2.08. The van der Waals surface area contributed by atoms with E-state index in [4.69, 9.17) is 4.74 Å². The van der Waals surface area contributed by atoms with Crippen molar-refractivity contribution in [2.24, 2.45) is 0 Å². The fourth-order valence-corrected chi connectivity index (χ4v) is 2.58. The molecular formula is C20H26N2O2. The number of nitrogens with zero attached hydrogens (tertiary/aromatic N) is 1. The second-order valence-corrected chi connectivity index (χ2v) is 5.69. The van der Waals surface area contributed by atoms with Crippen molar-refractivity contribution >= 4 is 5.91 Å². The third kappa shape index (κ3) is 5.70. The van der Waals surface area contributed by atoms with Crippen LogP contribution in [-0.2, 0) is 17.9 Å². The molecule has 0 aliphatic rings. The lowest BCUT2D eigenvalue weighted by Crippen LogP contribution is -2.30. The minimum Gasteiger partial charge on any atom is -0.496 e. The van der Waals surface area contributed by atoms with Gasteiger partial charge in [0.2, 0.25) is 5.91 Å². The minimum atomic E-state index is 0.0624. The number of ether oxygens (including phenoxy) is 1. The number of benzene rings is 2. The van der Waals surface area contributed by atoms with E-state index in [2.05, 4.69) is 29.3 Å². The maximum Gasteiger partial charge on any atom is 0.221 e. The van der Waals surface area contributed by atoms with Crippen molar-refractivity contribution in [1.29, 1.82) is 0 Å². The molecule has 4 heteroatoms. The number of rotatable bonds is 9. The zero-order valence-electron chi connectivity index (χ0n) is 14.5. The summed E-state index contributed by atoms with van der Waals surface area (Å²) < 4.78 is 5.30. The highest BCUT2D eigenvalue weighted by Crippen LogP contribution is 2.16. The molecule has 0 aliphatic carbocycles. The SMILES string of the molecule is CCN(CCC(=O)NCc1ccccc1OC)Cc1ccccc1. The number of hydrogen-bond donors (Lipinski definition) is 1. The summed E-state index contributed by atoms with van der Waals surface area (Å²) in [5.74, 6) is 0.865. The van der Waals surface area contributed by atoms with E-state index in [1.165, 1.54) is 5.56 Å². The molecule has 2 aromatic carbocycles. The number of carbonyl (C=O) groups excluding carboxylic acids is 1. The first-order chi connectivity index (χ1) is 11.7. The summed E-state index contributed by atoms with van der Waals surface area (Å²) in [5, 5.41) is 2.97. The van der Waals surface area contributed by atoms with Gasteiger partial charge in [-0.25, -0.2) is 0 Å². The van der Waals surface area contributed by atoms with Crippen LogP contribution < -0.4 is 10.1 Å². The average molecular weight is 326 g/mol. The molecule has 1 amide bonds. The molecule has 0 aromatic heterocycles. The normalized spacial score (nSPS) is 10.6. The molecule has 0 saturated carbocycles. The smallest absolute Gasteiger partial charge is 0.221 e. The maximum absolute atomic E-state index is 12.1. The number of hydrogen-bond acceptors (Lipinski definition) is 3. The lowest BCUT2D eigenvalue weighted by molar-refractivity contribution is -0.121. The predicted octanol–water partition coefficient (Wildman–Crippen LogP) is 3.22. The Morgan fingerprint density at radius 1 is 1.08 bits per heavy atom. The van der Waals surface area contributed by atoms with E-state index in [1.54, 1.807) is 7.11 Å². The van der Waals surface area contributed by atoms with Gasteiger partial charge in [-0.3, -0.25) is 9.69 Å². The van der Waals surface area contributed by atoms with Crippen molar-refractivity contribution in [1.82, 2.24) is 10.2 Å². The molecule has 0 unspecified atom stereocenters. The Bertz CT molecular complexity index is 629. The van der Waals surface area contributed by atoms with Gasteiger partial charge in [0.05, 0.1) is 7.11 Å². The quantitative estimate of drug-likeness (QED) is 0.769. The number of carbonyl (C=O) groups is 1. The molecule has 0 saturated heterocycles. The van der Waals surface area contributed by atoms with Crippen molar-refractivity contribution in [3.63, 3.8) is 0 Å². The molecule has 128 valence electrons. The summed E-state index contributed by atoms with van der Waals surface area (Å²) in [7, 11) is 1.64. The summed E-state index contributed by atoms with van der Waals surface area (Å²) in [6.45, 7) is 5.16. The van der Waals surface area contributed by atoms with E-state index in [9.17, 15) is 4.79 Å². The van der Waals surface area contributed by atoms with Crippen molar-refractivity contribution in [2.45, 2.75) is 26.4 Å². The van der Waals surface area contributed by atoms with Crippen molar-refractivity contribution in [2.75, 3.05) is 20.2 Å². The summed E-state index contributed by atoms with van der Waals surface area (Å²) in [6, 6.07) is 18.1. The molecule has 4 nitrogen and oxygen atoms in total. The van der Waals surface area contributed by atoms with E-state index in [1.807, 2.05) is 42.5 Å². The second-order valence-electron chi connectivity index (χ2n) is 5.69. The molecule has 2 rings (SSSR count). The van der Waals surface area contributed by atoms with E-state index >= 15 is 0 Å². The second kappa shape index (κ2) is 9.73. The Morgan fingerprint density at radius 3 is 2.50 bits per heavy atom. The number of methoxy groups -OCH3 is 1. The molecule has 0 heterocycles. The molecule has 2 aromatic rings. The van der Waals surface area contributed by atoms with Gasteiger partial charge in [-0.2, -0.15) is 0 Å². The third-order valence-electron chi connectivity index (χ3n) is 4.02. The molecule has 0 aliphatic heterocycles. The van der Waals surface area contributed by atoms with Gasteiger partial charge in [0.15, 0.2) is 0 Å². The molecule has 0 atom stereocenters. The topological polar surface area (TPSA) is 41.6 Å². The van der Waals surface area contributed by atoms with Gasteiger partial charge in [-0.05, 0) is 18.2 Å². The van der Waals surface area contributed by atoms with Crippen LogP contribution in [0.4, 0.5) is 0 Å². The lowest BCUT2D eigenvalue weighted by atomic mass is 10.2. The Morgan fingerprint density at radius 2 is 1.79 bits per heavy atom. The minimum absolute atomic E-state index is 0.0624. The number of nitrogens with one attached hydrogen (secondary N) is 1. The van der Waals surface area contributed by atoms with E-state index < -0.39 is 0 Å². The maximum atomic E-state index is 12.1. The van der Waals surface area contributed by atoms with Crippen LogP contribution in [0, 0.1) is 0 Å². The molecule has 0 radical (unpaired) electrons. The first-order valence-corrected chi connectivity index (χ1v) is 8.37. The van der Waals surface area contributed by atoms with Gasteiger partial charge >= 0.3 is 0 Å². The monoisotopic (exact) mass is 326 g/mol. The van der Waals surface area contributed by atoms with Crippen LogP contribution in [0.25, 0.3) is 0 Å². The molecule has 24 heavy (non-hydrogen) atoms. The van der Waals surface area contributed by atoms with Crippen molar-refractivity contribution < 1.29 is 9.53 Å². The highest BCUT2D eigenvalue weighted by molar-refractivity contribution is 5.76. The van der Waals surface area contributed by atoms with Crippen molar-refractivity contribution in [3.8, 4) is 5.75 Å². The zero-order valence-corrected chi connectivity index (χ0v) is 14.5. The van der Waals surface area contributed by atoms with Gasteiger partial charge in [-0.15, -0.1) is 0 Å². The summed E-state index contributed by atoms with van der Waals surface area (Å²) in [4.78, 5) is 14.4. The predicted molar refractivity (Wildman–Crippen MR) is 96.9 cm³/mol. The fourth-order valence-electron chi connectivity index (χ4n) is 2.58. The van der Waals surface area contributed by atoms with Gasteiger partial charge in [0.25, 0.3) is 0 Å². The summed E-state index contributed by atoms with van der Waals surface area (Å²) in [5.41, 5.74) is 2.26. The molecular weight excluding hydrogens is 300 g/mol. The summed E-state index contributed by atoms with van der Waals surface area (Å²) >= 11 is 0. The van der Waals surface area contributed by atoms with Crippen LogP contribution in [0.15, 0.2) is 54.6 Å². The van der Waals surface area contributed by atoms with Crippen LogP contribution in [0.1, 0.15) is 24.5 Å². The molecule has 1 N–H and O–H groups in total. The Balaban J connectivity index is 1.77. The van der Waals surface area contributed by atoms with Crippen LogP contribution in [0.3, 0.4) is 0 Å². The van der Waals surface area contributed by atoms with E-state index in [0.717, 1.165) is 30.9 Å². The first-order valence-electron chi connectivity index (χ1n) is 8.37. The molecule has 0 fully saturated rings. The standard InChI is InChI=1S/C20H26N2O2/c1-3-22(16-17-9-5-4-6-10-17)14-13-20(23)21-15-18-11-7-8-12-19(18)24-2/h4-12H,3,13-16H2,1-2H3,(H,21,23). The largest absolute Gasteiger partial charge is 0.496 e. The first kappa shape index (κ1) is 18.0. The van der Waals surface area contributed by atoms with Crippen LogP contribution in [0.5, 0.6) is 5.75 Å². The van der Waals surface area contributed by atoms with E-state index in [-0.39, 0.29) is 5.91 Å². The van der Waals surface area contributed by atoms with Gasteiger partial charge < -0.3 is 10.1 Å². The lowest BCUT2D eigenvalue weighted by Gasteiger charge is -2.20. The van der Waals surface area contributed by atoms with Crippen molar-refractivity contribution in [3.05, 3.63) is 65.7 Å². The zero-order chi connectivity index (χ0) is 17.2. The van der Waals surface area contributed by atoms with Crippen LogP contribution in [-0.4, -0.2) is 31.0 Å². The van der Waals surface area contributed by atoms with Crippen LogP contribution >= 0.6 is 0 Å². The Hall–Kier alpha value is -2.33.